The molecule has 0 aromatic heterocycles. The molecular formula is C7H13NO2. The zero-order chi connectivity index (χ0) is 7.72. The first-order chi connectivity index (χ1) is 4.63. The van der Waals surface area contributed by atoms with Crippen molar-refractivity contribution in [3.8, 4) is 0 Å². The maximum absolute atomic E-state index is 10.3. The van der Waals surface area contributed by atoms with Gasteiger partial charge >= 0.3 is 5.97 Å². The topological polar surface area (TPSA) is 63.3 Å². The van der Waals surface area contributed by atoms with Gasteiger partial charge < -0.3 is 10.8 Å². The van der Waals surface area contributed by atoms with E-state index < -0.39 is 12.0 Å². The fourth-order valence-corrected chi connectivity index (χ4v) is 1.14. The van der Waals surface area contributed by atoms with Gasteiger partial charge in [-0.2, -0.15) is 0 Å². The summed E-state index contributed by atoms with van der Waals surface area (Å²) < 4.78 is 0. The molecular weight excluding hydrogens is 130 g/mol. The molecule has 0 aromatic rings. The smallest absolute Gasteiger partial charge is 0.320 e. The quantitative estimate of drug-likeness (QED) is 0.602. The zero-order valence-electron chi connectivity index (χ0n) is 6.08. The minimum Gasteiger partial charge on any atom is -0.480 e. The number of rotatable bonds is 3. The van der Waals surface area contributed by atoms with Gasteiger partial charge in [-0.25, -0.2) is 0 Å². The van der Waals surface area contributed by atoms with E-state index in [4.69, 9.17) is 10.8 Å². The largest absolute Gasteiger partial charge is 0.480 e. The van der Waals surface area contributed by atoms with Gasteiger partial charge in [-0.1, -0.05) is 6.92 Å². The van der Waals surface area contributed by atoms with Crippen LogP contribution in [0.15, 0.2) is 0 Å². The van der Waals surface area contributed by atoms with Gasteiger partial charge in [-0.15, -0.1) is 0 Å². The molecule has 58 valence electrons. The van der Waals surface area contributed by atoms with Crippen LogP contribution >= 0.6 is 0 Å². The number of carbonyl (C=O) groups is 1. The molecule has 0 aromatic carbocycles. The Morgan fingerprint density at radius 2 is 2.20 bits per heavy atom. The summed E-state index contributed by atoms with van der Waals surface area (Å²) in [4.78, 5) is 10.3. The van der Waals surface area contributed by atoms with Gasteiger partial charge in [0.15, 0.2) is 0 Å². The maximum Gasteiger partial charge on any atom is 0.320 e. The number of hydrogen-bond donors (Lipinski definition) is 2. The first-order valence-corrected chi connectivity index (χ1v) is 3.61. The fourth-order valence-electron chi connectivity index (χ4n) is 1.14. The van der Waals surface area contributed by atoms with Gasteiger partial charge in [0.05, 0.1) is 0 Å². The van der Waals surface area contributed by atoms with Gasteiger partial charge in [-0.3, -0.25) is 4.79 Å². The Balaban J connectivity index is 2.38. The minimum atomic E-state index is -0.876. The Bertz CT molecular complexity index is 143. The lowest BCUT2D eigenvalue weighted by Gasteiger charge is -2.13. The van der Waals surface area contributed by atoms with Crippen molar-refractivity contribution in [2.75, 3.05) is 0 Å². The van der Waals surface area contributed by atoms with Crippen molar-refractivity contribution in [2.45, 2.75) is 25.8 Å². The summed E-state index contributed by atoms with van der Waals surface area (Å²) in [5.41, 5.74) is 5.40. The molecule has 1 aliphatic rings. The molecule has 1 saturated carbocycles. The number of nitrogens with two attached hydrogens (primary N) is 1. The molecule has 0 amide bonds. The molecule has 3 heteroatoms. The monoisotopic (exact) mass is 143 g/mol. The Hall–Kier alpha value is -0.570. The SMILES string of the molecule is C[C@H](C1CC1)[C@H](N)C(=O)O. The Morgan fingerprint density at radius 3 is 2.50 bits per heavy atom. The van der Waals surface area contributed by atoms with E-state index in [-0.39, 0.29) is 5.92 Å². The van der Waals surface area contributed by atoms with Crippen molar-refractivity contribution >= 4 is 5.97 Å². The van der Waals surface area contributed by atoms with Crippen LogP contribution < -0.4 is 5.73 Å². The summed E-state index contributed by atoms with van der Waals surface area (Å²) in [5, 5.41) is 8.50. The summed E-state index contributed by atoms with van der Waals surface area (Å²) in [6, 6.07) is -0.660. The van der Waals surface area contributed by atoms with Crippen LogP contribution in [0.25, 0.3) is 0 Å². The molecule has 1 rings (SSSR count). The molecule has 1 fully saturated rings. The van der Waals surface area contributed by atoms with E-state index >= 15 is 0 Å². The van der Waals surface area contributed by atoms with Crippen LogP contribution in [0.3, 0.4) is 0 Å². The van der Waals surface area contributed by atoms with E-state index in [1.165, 1.54) is 0 Å². The normalized spacial score (nSPS) is 23.8. The fraction of sp³-hybridized carbons (Fsp3) is 0.857. The van der Waals surface area contributed by atoms with E-state index in [9.17, 15) is 4.79 Å². The highest BCUT2D eigenvalue weighted by molar-refractivity contribution is 5.73. The van der Waals surface area contributed by atoms with Gasteiger partial charge in [-0.05, 0) is 24.7 Å². The molecule has 0 radical (unpaired) electrons. The molecule has 3 nitrogen and oxygen atoms in total. The van der Waals surface area contributed by atoms with Crippen molar-refractivity contribution in [1.29, 1.82) is 0 Å². The van der Waals surface area contributed by atoms with Gasteiger partial charge in [0.25, 0.3) is 0 Å². The summed E-state index contributed by atoms with van der Waals surface area (Å²) in [6.45, 7) is 1.91. The number of carboxylic acid groups (broad SMARTS) is 1. The van der Waals surface area contributed by atoms with Crippen molar-refractivity contribution in [3.05, 3.63) is 0 Å². The lowest BCUT2D eigenvalue weighted by Crippen LogP contribution is -2.37. The van der Waals surface area contributed by atoms with Crippen LogP contribution in [-0.4, -0.2) is 17.1 Å². The third kappa shape index (κ3) is 1.48. The molecule has 0 bridgehead atoms. The van der Waals surface area contributed by atoms with Crippen LogP contribution in [0.2, 0.25) is 0 Å². The standard InChI is InChI=1S/C7H13NO2/c1-4(5-2-3-5)6(8)7(9)10/h4-6H,2-3,8H2,1H3,(H,9,10)/t4-,6+/m1/s1. The molecule has 1 aliphatic carbocycles. The van der Waals surface area contributed by atoms with Crippen LogP contribution in [0.1, 0.15) is 19.8 Å². The van der Waals surface area contributed by atoms with E-state index in [2.05, 4.69) is 0 Å². The van der Waals surface area contributed by atoms with Crippen molar-refractivity contribution < 1.29 is 9.90 Å². The van der Waals surface area contributed by atoms with E-state index in [1.807, 2.05) is 6.92 Å². The van der Waals surface area contributed by atoms with E-state index in [0.717, 1.165) is 12.8 Å². The third-order valence-electron chi connectivity index (χ3n) is 2.22. The second kappa shape index (κ2) is 2.58. The van der Waals surface area contributed by atoms with Crippen molar-refractivity contribution in [2.24, 2.45) is 17.6 Å². The molecule has 2 atom stereocenters. The summed E-state index contributed by atoms with van der Waals surface area (Å²) in [7, 11) is 0. The Kier molecular flexibility index (Phi) is 1.94. The highest BCUT2D eigenvalue weighted by Gasteiger charge is 2.34. The Labute approximate surface area is 60.2 Å². The number of carboxylic acids is 1. The van der Waals surface area contributed by atoms with Crippen LogP contribution in [-0.2, 0) is 4.79 Å². The maximum atomic E-state index is 10.3. The van der Waals surface area contributed by atoms with Gasteiger partial charge in [0.2, 0.25) is 0 Å². The molecule has 0 unspecified atom stereocenters. The minimum absolute atomic E-state index is 0.150. The van der Waals surface area contributed by atoms with Crippen LogP contribution in [0.4, 0.5) is 0 Å². The average molecular weight is 143 g/mol. The Morgan fingerprint density at radius 1 is 1.70 bits per heavy atom. The first-order valence-electron chi connectivity index (χ1n) is 3.61. The second-order valence-corrected chi connectivity index (χ2v) is 3.06. The number of aliphatic carboxylic acids is 1. The molecule has 10 heavy (non-hydrogen) atoms. The second-order valence-electron chi connectivity index (χ2n) is 3.06. The van der Waals surface area contributed by atoms with Crippen molar-refractivity contribution in [3.63, 3.8) is 0 Å². The van der Waals surface area contributed by atoms with Gasteiger partial charge in [0, 0.05) is 0 Å². The molecule has 3 N–H and O–H groups in total. The molecule has 0 heterocycles. The van der Waals surface area contributed by atoms with Gasteiger partial charge in [0.1, 0.15) is 6.04 Å². The zero-order valence-corrected chi connectivity index (χ0v) is 6.08. The predicted octanol–water partition coefficient (Wildman–Crippen LogP) is 0.444. The van der Waals surface area contributed by atoms with E-state index in [0.29, 0.717) is 5.92 Å². The molecule has 0 aliphatic heterocycles. The third-order valence-corrected chi connectivity index (χ3v) is 2.22. The highest BCUT2D eigenvalue weighted by Crippen LogP contribution is 2.37. The lowest BCUT2D eigenvalue weighted by molar-refractivity contribution is -0.139. The van der Waals surface area contributed by atoms with Crippen molar-refractivity contribution in [1.82, 2.24) is 0 Å². The average Bonchev–Trinajstić information content (AvgIpc) is 2.65. The van der Waals surface area contributed by atoms with E-state index in [1.54, 1.807) is 0 Å². The van der Waals surface area contributed by atoms with Crippen LogP contribution in [0.5, 0.6) is 0 Å². The highest BCUT2D eigenvalue weighted by atomic mass is 16.4. The number of hydrogen-bond acceptors (Lipinski definition) is 2. The predicted molar refractivity (Wildman–Crippen MR) is 37.5 cm³/mol. The molecule has 0 saturated heterocycles. The summed E-state index contributed by atoms with van der Waals surface area (Å²) >= 11 is 0. The first kappa shape index (κ1) is 7.54. The van der Waals surface area contributed by atoms with Crippen LogP contribution in [0, 0.1) is 11.8 Å². The molecule has 0 spiro atoms. The summed E-state index contributed by atoms with van der Waals surface area (Å²) in [5.74, 6) is -0.150. The summed E-state index contributed by atoms with van der Waals surface area (Å²) in [6.07, 6.45) is 2.31. The lowest BCUT2D eigenvalue weighted by atomic mass is 9.98.